The molecule has 0 spiro atoms. The van der Waals surface area contributed by atoms with Gasteiger partial charge in [-0.25, -0.2) is 4.98 Å². The Labute approximate surface area is 194 Å². The van der Waals surface area contributed by atoms with Crippen LogP contribution in [0, 0.1) is 5.92 Å². The van der Waals surface area contributed by atoms with Crippen LogP contribution >= 0.6 is 11.6 Å². The Hall–Kier alpha value is -2.58. The summed E-state index contributed by atoms with van der Waals surface area (Å²) in [5.41, 5.74) is 1.25. The first-order valence-electron chi connectivity index (χ1n) is 11.1. The van der Waals surface area contributed by atoms with Crippen LogP contribution in [0.4, 0.5) is 11.8 Å². The van der Waals surface area contributed by atoms with E-state index in [0.29, 0.717) is 41.0 Å². The van der Waals surface area contributed by atoms with Crippen molar-refractivity contribution in [3.63, 3.8) is 0 Å². The van der Waals surface area contributed by atoms with Crippen molar-refractivity contribution in [3.8, 4) is 5.75 Å². The van der Waals surface area contributed by atoms with Gasteiger partial charge in [-0.3, -0.25) is 0 Å². The summed E-state index contributed by atoms with van der Waals surface area (Å²) in [7, 11) is 0. The summed E-state index contributed by atoms with van der Waals surface area (Å²) in [6.07, 6.45) is 3.73. The fourth-order valence-electron chi connectivity index (χ4n) is 3.44. The van der Waals surface area contributed by atoms with Gasteiger partial charge in [-0.2, -0.15) is 9.97 Å². The minimum atomic E-state index is -0.820. The Morgan fingerprint density at radius 3 is 2.53 bits per heavy atom. The second-order valence-corrected chi connectivity index (χ2v) is 9.13. The number of phenols is 1. The zero-order valence-corrected chi connectivity index (χ0v) is 20.1. The molecule has 3 rings (SSSR count). The maximum atomic E-state index is 10.3. The van der Waals surface area contributed by atoms with Gasteiger partial charge in [0, 0.05) is 30.6 Å². The molecular weight excluding hydrogens is 428 g/mol. The summed E-state index contributed by atoms with van der Waals surface area (Å²) in [4.78, 5) is 14.0. The number of phenolic OH excluding ortho intramolecular Hbond substituents is 1. The van der Waals surface area contributed by atoms with E-state index >= 15 is 0 Å². The predicted octanol–water partition coefficient (Wildman–Crippen LogP) is 4.98. The molecule has 1 aromatic carbocycles. The van der Waals surface area contributed by atoms with Crippen LogP contribution in [-0.4, -0.2) is 41.9 Å². The van der Waals surface area contributed by atoms with Gasteiger partial charge in [-0.15, -0.1) is 0 Å². The lowest BCUT2D eigenvalue weighted by molar-refractivity contribution is 0.0303. The number of aromatic nitrogens is 4. The number of nitrogens with one attached hydrogen (secondary N) is 2. The number of aromatic hydroxyl groups is 1. The van der Waals surface area contributed by atoms with Gasteiger partial charge in [0.25, 0.3) is 0 Å². The number of para-hydroxylation sites is 1. The first-order valence-corrected chi connectivity index (χ1v) is 11.4. The van der Waals surface area contributed by atoms with Crippen LogP contribution in [0.25, 0.3) is 11.2 Å². The van der Waals surface area contributed by atoms with Crippen molar-refractivity contribution in [2.24, 2.45) is 5.92 Å². The van der Waals surface area contributed by atoms with Crippen LogP contribution in [0.3, 0.4) is 0 Å². The van der Waals surface area contributed by atoms with Gasteiger partial charge in [-0.1, -0.05) is 44.5 Å². The van der Waals surface area contributed by atoms with Crippen molar-refractivity contribution in [2.45, 2.75) is 65.6 Å². The lowest BCUT2D eigenvalue weighted by atomic mass is 9.93. The second-order valence-electron chi connectivity index (χ2n) is 8.73. The molecule has 1 atom stereocenters. The number of aliphatic hydroxyl groups is 1. The molecule has 174 valence electrons. The van der Waals surface area contributed by atoms with E-state index in [-0.39, 0.29) is 17.7 Å². The molecule has 1 unspecified atom stereocenters. The average molecular weight is 461 g/mol. The molecule has 0 radical (unpaired) electrons. The van der Waals surface area contributed by atoms with Crippen molar-refractivity contribution in [1.82, 2.24) is 19.5 Å². The predicted molar refractivity (Wildman–Crippen MR) is 129 cm³/mol. The first-order chi connectivity index (χ1) is 15.2. The maximum absolute atomic E-state index is 10.3. The third kappa shape index (κ3) is 5.24. The molecule has 4 N–H and O–H groups in total. The van der Waals surface area contributed by atoms with Crippen molar-refractivity contribution >= 4 is 34.5 Å². The van der Waals surface area contributed by atoms with E-state index in [1.54, 1.807) is 32.0 Å². The van der Waals surface area contributed by atoms with Crippen molar-refractivity contribution in [1.29, 1.82) is 0 Å². The zero-order chi connectivity index (χ0) is 23.5. The Morgan fingerprint density at radius 1 is 1.16 bits per heavy atom. The third-order valence-electron chi connectivity index (χ3n) is 6.05. The standard InChI is InChI=1S/C23H33ClN6O2/c1-6-16(7-2)30-13-27-18-20(25-12-15-9-8-10-17(24)19(15)31)28-22(29-21(18)30)26-11-14(3)23(4,5)32/h8-10,13-14,16,31-32H,6-7,11-12H2,1-5H3,(H2,25,26,28,29). The van der Waals surface area contributed by atoms with Gasteiger partial charge >= 0.3 is 0 Å². The van der Waals surface area contributed by atoms with Gasteiger partial charge in [0.2, 0.25) is 5.95 Å². The van der Waals surface area contributed by atoms with Gasteiger partial charge in [0.1, 0.15) is 5.75 Å². The quantitative estimate of drug-likeness (QED) is 0.338. The fourth-order valence-corrected chi connectivity index (χ4v) is 3.64. The van der Waals surface area contributed by atoms with E-state index in [4.69, 9.17) is 16.6 Å². The highest BCUT2D eigenvalue weighted by Crippen LogP contribution is 2.30. The molecule has 3 aromatic rings. The number of fused-ring (bicyclic) bond motifs is 1. The Morgan fingerprint density at radius 2 is 1.88 bits per heavy atom. The van der Waals surface area contributed by atoms with E-state index in [0.717, 1.165) is 18.5 Å². The minimum absolute atomic E-state index is 0.00874. The molecule has 9 heteroatoms. The minimum Gasteiger partial charge on any atom is -0.506 e. The molecule has 0 aliphatic carbocycles. The first kappa shape index (κ1) is 24.1. The van der Waals surface area contributed by atoms with Crippen LogP contribution in [0.15, 0.2) is 24.5 Å². The van der Waals surface area contributed by atoms with Crippen molar-refractivity contribution < 1.29 is 10.2 Å². The SMILES string of the molecule is CCC(CC)n1cnc2c(NCc3cccc(Cl)c3O)nc(NCC(C)C(C)(C)O)nc21. The smallest absolute Gasteiger partial charge is 0.226 e. The molecule has 8 nitrogen and oxygen atoms in total. The third-order valence-corrected chi connectivity index (χ3v) is 6.35. The Bertz CT molecular complexity index is 1060. The lowest BCUT2D eigenvalue weighted by Gasteiger charge is -2.26. The molecular formula is C23H33ClN6O2. The molecule has 0 saturated carbocycles. The highest BCUT2D eigenvalue weighted by Gasteiger charge is 2.23. The van der Waals surface area contributed by atoms with Gasteiger partial charge in [0.05, 0.1) is 17.0 Å². The molecule has 0 aliphatic rings. The second kappa shape index (κ2) is 9.92. The normalized spacial score (nSPS) is 13.0. The topological polar surface area (TPSA) is 108 Å². The molecule has 2 aromatic heterocycles. The molecule has 2 heterocycles. The number of benzene rings is 1. The number of rotatable bonds is 10. The number of halogens is 1. The van der Waals surface area contributed by atoms with Crippen LogP contribution in [-0.2, 0) is 6.54 Å². The highest BCUT2D eigenvalue weighted by molar-refractivity contribution is 6.32. The summed E-state index contributed by atoms with van der Waals surface area (Å²) in [5, 5.41) is 27.3. The molecule has 0 amide bonds. The van der Waals surface area contributed by atoms with Crippen LogP contribution in [0.5, 0.6) is 5.75 Å². The largest absolute Gasteiger partial charge is 0.506 e. The summed E-state index contributed by atoms with van der Waals surface area (Å²) in [6, 6.07) is 5.52. The van der Waals surface area contributed by atoms with Crippen molar-refractivity contribution in [2.75, 3.05) is 17.2 Å². The molecule has 0 saturated heterocycles. The summed E-state index contributed by atoms with van der Waals surface area (Å²) in [6.45, 7) is 10.7. The fraction of sp³-hybridized carbons (Fsp3) is 0.522. The molecule has 0 fully saturated rings. The number of hydrogen-bond donors (Lipinski definition) is 4. The summed E-state index contributed by atoms with van der Waals surface area (Å²) < 4.78 is 2.09. The molecule has 0 bridgehead atoms. The van der Waals surface area contributed by atoms with E-state index in [9.17, 15) is 10.2 Å². The average Bonchev–Trinajstić information content (AvgIpc) is 3.17. The highest BCUT2D eigenvalue weighted by atomic mass is 35.5. The number of hydrogen-bond acceptors (Lipinski definition) is 7. The van der Waals surface area contributed by atoms with E-state index < -0.39 is 5.60 Å². The zero-order valence-electron chi connectivity index (χ0n) is 19.4. The van der Waals surface area contributed by atoms with Gasteiger partial charge in [0.15, 0.2) is 17.0 Å². The maximum Gasteiger partial charge on any atom is 0.226 e. The van der Waals surface area contributed by atoms with Crippen LogP contribution < -0.4 is 10.6 Å². The summed E-state index contributed by atoms with van der Waals surface area (Å²) in [5.74, 6) is 1.06. The van der Waals surface area contributed by atoms with E-state index in [1.165, 1.54) is 0 Å². The molecule has 0 aliphatic heterocycles. The van der Waals surface area contributed by atoms with Crippen LogP contribution in [0.1, 0.15) is 59.1 Å². The Balaban J connectivity index is 1.96. The van der Waals surface area contributed by atoms with E-state index in [2.05, 4.69) is 39.0 Å². The van der Waals surface area contributed by atoms with Gasteiger partial charge < -0.3 is 25.4 Å². The lowest BCUT2D eigenvalue weighted by Crippen LogP contribution is -2.33. The van der Waals surface area contributed by atoms with Crippen molar-refractivity contribution in [3.05, 3.63) is 35.1 Å². The number of imidazole rings is 1. The molecule has 32 heavy (non-hydrogen) atoms. The van der Waals surface area contributed by atoms with Crippen LogP contribution in [0.2, 0.25) is 5.02 Å². The monoisotopic (exact) mass is 460 g/mol. The van der Waals surface area contributed by atoms with E-state index in [1.807, 2.05) is 13.3 Å². The van der Waals surface area contributed by atoms with Gasteiger partial charge in [-0.05, 0) is 32.8 Å². The Kier molecular flexibility index (Phi) is 7.46. The summed E-state index contributed by atoms with van der Waals surface area (Å²) >= 11 is 6.04. The number of nitrogens with zero attached hydrogens (tertiary/aromatic N) is 4. The number of anilines is 2.